The van der Waals surface area contributed by atoms with Gasteiger partial charge in [-0.05, 0) is 41.3 Å². The van der Waals surface area contributed by atoms with Crippen LogP contribution < -0.4 is 5.32 Å². The first kappa shape index (κ1) is 22.0. The minimum Gasteiger partial charge on any atom is -0.383 e. The van der Waals surface area contributed by atoms with Crippen molar-refractivity contribution in [3.05, 3.63) is 57.8 Å². The Bertz CT molecular complexity index is 913. The Labute approximate surface area is 188 Å². The lowest BCUT2D eigenvalue weighted by Gasteiger charge is -2.42. The summed E-state index contributed by atoms with van der Waals surface area (Å²) in [6.45, 7) is 5.40. The van der Waals surface area contributed by atoms with Crippen LogP contribution in [-0.2, 0) is 9.53 Å². The van der Waals surface area contributed by atoms with Gasteiger partial charge in [0, 0.05) is 30.1 Å². The monoisotopic (exact) mass is 440 g/mol. The molecule has 2 aromatic rings. The van der Waals surface area contributed by atoms with Crippen LogP contribution in [0.3, 0.4) is 0 Å². The summed E-state index contributed by atoms with van der Waals surface area (Å²) in [6, 6.07) is 11.4. The number of thiophene rings is 1. The second kappa shape index (κ2) is 9.53. The van der Waals surface area contributed by atoms with E-state index in [4.69, 9.17) is 4.74 Å². The molecule has 0 bridgehead atoms. The van der Waals surface area contributed by atoms with E-state index in [1.165, 1.54) is 6.42 Å². The first-order chi connectivity index (χ1) is 15.0. The third kappa shape index (κ3) is 4.28. The van der Waals surface area contributed by atoms with E-state index in [9.17, 15) is 9.59 Å². The summed E-state index contributed by atoms with van der Waals surface area (Å²) in [7, 11) is 1.64. The smallest absolute Gasteiger partial charge is 0.254 e. The van der Waals surface area contributed by atoms with E-state index in [1.807, 2.05) is 46.7 Å². The molecule has 5 nitrogen and oxygen atoms in total. The van der Waals surface area contributed by atoms with Gasteiger partial charge in [-0.15, -0.1) is 11.3 Å². The Kier molecular flexibility index (Phi) is 6.77. The van der Waals surface area contributed by atoms with Crippen molar-refractivity contribution in [2.45, 2.75) is 51.1 Å². The number of fused-ring (bicyclic) bond motifs is 1. The molecule has 31 heavy (non-hydrogen) atoms. The second-order valence-electron chi connectivity index (χ2n) is 8.90. The van der Waals surface area contributed by atoms with E-state index < -0.39 is 5.92 Å². The van der Waals surface area contributed by atoms with Crippen molar-refractivity contribution in [1.82, 2.24) is 10.2 Å². The van der Waals surface area contributed by atoms with Crippen molar-refractivity contribution in [3.63, 3.8) is 0 Å². The van der Waals surface area contributed by atoms with Crippen LogP contribution in [0.2, 0.25) is 0 Å². The molecule has 1 N–H and O–H groups in total. The largest absolute Gasteiger partial charge is 0.383 e. The number of hydrogen-bond acceptors (Lipinski definition) is 4. The highest BCUT2D eigenvalue weighted by Gasteiger charge is 2.45. The maximum atomic E-state index is 13.8. The fourth-order valence-electron chi connectivity index (χ4n) is 5.14. The topological polar surface area (TPSA) is 58.6 Å². The van der Waals surface area contributed by atoms with Gasteiger partial charge in [-0.1, -0.05) is 51.0 Å². The number of ether oxygens (including phenoxy) is 1. The Morgan fingerprint density at radius 2 is 2.00 bits per heavy atom. The zero-order chi connectivity index (χ0) is 22.0. The highest BCUT2D eigenvalue weighted by Crippen LogP contribution is 2.44. The first-order valence-corrected chi connectivity index (χ1v) is 12.1. The molecule has 4 rings (SSSR count). The minimum atomic E-state index is -0.436. The molecule has 0 spiro atoms. The van der Waals surface area contributed by atoms with E-state index >= 15 is 0 Å². The highest BCUT2D eigenvalue weighted by molar-refractivity contribution is 7.10. The molecule has 6 heteroatoms. The fraction of sp³-hybridized carbons (Fsp3) is 0.520. The standard InChI is InChI=1S/C25H32N2O3S/c1-16-8-6-11-20(17(16)2)26-24(28)22-18-9-4-5-10-19(18)25(29)27(13-14-30-3)23(22)21-12-7-15-31-21/h4-5,7,9-10,12,15-17,20,22-23H,6,8,11,13-14H2,1-3H3,(H,26,28)/t16-,17-,20+,22-,23-/m0/s1. The van der Waals surface area contributed by atoms with E-state index in [2.05, 4.69) is 19.2 Å². The Hall–Kier alpha value is -2.18. The van der Waals surface area contributed by atoms with Crippen molar-refractivity contribution >= 4 is 23.2 Å². The average molecular weight is 441 g/mol. The summed E-state index contributed by atoms with van der Waals surface area (Å²) in [6.07, 6.45) is 3.38. The number of carbonyl (C=O) groups excluding carboxylic acids is 2. The zero-order valence-corrected chi connectivity index (χ0v) is 19.4. The van der Waals surface area contributed by atoms with Crippen LogP contribution in [0.1, 0.15) is 65.9 Å². The van der Waals surface area contributed by atoms with Crippen LogP contribution >= 0.6 is 11.3 Å². The van der Waals surface area contributed by atoms with Gasteiger partial charge in [-0.2, -0.15) is 0 Å². The van der Waals surface area contributed by atoms with Crippen LogP contribution in [0.4, 0.5) is 0 Å². The van der Waals surface area contributed by atoms with Gasteiger partial charge < -0.3 is 15.0 Å². The quantitative estimate of drug-likeness (QED) is 0.713. The SMILES string of the molecule is COCCN1C(=O)c2ccccc2[C@H](C(=O)N[C@@H]2CCC[C@H](C)[C@@H]2C)[C@@H]1c1cccs1. The van der Waals surface area contributed by atoms with Crippen LogP contribution in [0.5, 0.6) is 0 Å². The van der Waals surface area contributed by atoms with Crippen LogP contribution in [0.15, 0.2) is 41.8 Å². The fourth-order valence-corrected chi connectivity index (χ4v) is 6.02. The minimum absolute atomic E-state index is 0.0201. The molecule has 5 atom stereocenters. The number of carbonyl (C=O) groups is 2. The third-order valence-electron chi connectivity index (χ3n) is 7.13. The van der Waals surface area contributed by atoms with E-state index in [1.54, 1.807) is 18.4 Å². The van der Waals surface area contributed by atoms with Gasteiger partial charge in [0.2, 0.25) is 5.91 Å². The summed E-state index contributed by atoms with van der Waals surface area (Å²) in [5, 5.41) is 5.40. The molecule has 0 saturated heterocycles. The Morgan fingerprint density at radius 3 is 2.74 bits per heavy atom. The van der Waals surface area contributed by atoms with E-state index in [0.717, 1.165) is 23.3 Å². The molecule has 2 aliphatic rings. The molecular weight excluding hydrogens is 408 g/mol. The van der Waals surface area contributed by atoms with E-state index in [-0.39, 0.29) is 23.9 Å². The van der Waals surface area contributed by atoms with Crippen LogP contribution in [-0.4, -0.2) is 43.0 Å². The molecule has 166 valence electrons. The lowest BCUT2D eigenvalue weighted by molar-refractivity contribution is -0.125. The Balaban J connectivity index is 1.73. The highest BCUT2D eigenvalue weighted by atomic mass is 32.1. The van der Waals surface area contributed by atoms with Gasteiger partial charge >= 0.3 is 0 Å². The predicted molar refractivity (Wildman–Crippen MR) is 123 cm³/mol. The summed E-state index contributed by atoms with van der Waals surface area (Å²) in [5.41, 5.74) is 1.45. The summed E-state index contributed by atoms with van der Waals surface area (Å²) >= 11 is 1.60. The zero-order valence-electron chi connectivity index (χ0n) is 18.5. The predicted octanol–water partition coefficient (Wildman–Crippen LogP) is 4.62. The van der Waals surface area contributed by atoms with Crippen molar-refractivity contribution in [2.24, 2.45) is 11.8 Å². The number of hydrogen-bond donors (Lipinski definition) is 1. The maximum absolute atomic E-state index is 13.8. The molecule has 1 aromatic carbocycles. The molecule has 1 aliphatic carbocycles. The van der Waals surface area contributed by atoms with Gasteiger partial charge in [-0.25, -0.2) is 0 Å². The third-order valence-corrected chi connectivity index (χ3v) is 8.07. The molecule has 1 fully saturated rings. The molecule has 1 saturated carbocycles. The lowest BCUT2D eigenvalue weighted by Crippen LogP contribution is -2.51. The van der Waals surface area contributed by atoms with Crippen molar-refractivity contribution in [2.75, 3.05) is 20.3 Å². The second-order valence-corrected chi connectivity index (χ2v) is 9.88. The summed E-state index contributed by atoms with van der Waals surface area (Å²) in [4.78, 5) is 30.1. The lowest BCUT2D eigenvalue weighted by atomic mass is 9.77. The first-order valence-electron chi connectivity index (χ1n) is 11.3. The average Bonchev–Trinajstić information content (AvgIpc) is 3.30. The van der Waals surface area contributed by atoms with Crippen LogP contribution in [0.25, 0.3) is 0 Å². The van der Waals surface area contributed by atoms with Crippen LogP contribution in [0, 0.1) is 11.8 Å². The van der Waals surface area contributed by atoms with Gasteiger partial charge in [0.15, 0.2) is 0 Å². The van der Waals surface area contributed by atoms with Crippen molar-refractivity contribution in [1.29, 1.82) is 0 Å². The van der Waals surface area contributed by atoms with E-state index in [0.29, 0.717) is 30.6 Å². The number of nitrogens with one attached hydrogen (secondary N) is 1. The molecule has 2 heterocycles. The molecule has 2 amide bonds. The maximum Gasteiger partial charge on any atom is 0.254 e. The van der Waals surface area contributed by atoms with Crippen molar-refractivity contribution in [3.8, 4) is 0 Å². The number of rotatable bonds is 6. The molecule has 1 aliphatic heterocycles. The Morgan fingerprint density at radius 1 is 1.19 bits per heavy atom. The van der Waals surface area contributed by atoms with Gasteiger partial charge in [-0.3, -0.25) is 9.59 Å². The number of methoxy groups -OCH3 is 1. The molecule has 1 aromatic heterocycles. The summed E-state index contributed by atoms with van der Waals surface area (Å²) in [5.74, 6) is 0.601. The number of amides is 2. The van der Waals surface area contributed by atoms with Gasteiger partial charge in [0.05, 0.1) is 18.6 Å². The molecule has 0 unspecified atom stereocenters. The normalized spacial score (nSPS) is 28.3. The van der Waals surface area contributed by atoms with Crippen molar-refractivity contribution < 1.29 is 14.3 Å². The summed E-state index contributed by atoms with van der Waals surface area (Å²) < 4.78 is 5.30. The molecular formula is C25H32N2O3S. The number of nitrogens with zero attached hydrogens (tertiary/aromatic N) is 1. The number of benzene rings is 1. The van der Waals surface area contributed by atoms with Gasteiger partial charge in [0.1, 0.15) is 0 Å². The molecule has 0 radical (unpaired) electrons. The van der Waals surface area contributed by atoms with Gasteiger partial charge in [0.25, 0.3) is 5.91 Å².